The van der Waals surface area contributed by atoms with Crippen molar-refractivity contribution >= 4 is 16.7 Å². The molecule has 1 heterocycles. The number of nitrogens with zero attached hydrogens (tertiary/aromatic N) is 2. The van der Waals surface area contributed by atoms with Gasteiger partial charge in [-0.25, -0.2) is 9.97 Å². The maximum absolute atomic E-state index is 5.59. The average Bonchev–Trinajstić information content (AvgIpc) is 2.43. The van der Waals surface area contributed by atoms with Crippen LogP contribution in [0.25, 0.3) is 10.9 Å². The number of nitrogens with two attached hydrogens (primary N) is 1. The molecule has 0 aliphatic carbocycles. The van der Waals surface area contributed by atoms with Crippen LogP contribution in [0.1, 0.15) is 19.7 Å². The summed E-state index contributed by atoms with van der Waals surface area (Å²) in [4.78, 5) is 9.07. The summed E-state index contributed by atoms with van der Waals surface area (Å²) < 4.78 is 5.53. The molecule has 0 saturated heterocycles. The molecule has 0 bridgehead atoms. The van der Waals surface area contributed by atoms with E-state index in [1.54, 1.807) is 0 Å². The number of benzene rings is 1. The van der Waals surface area contributed by atoms with E-state index < -0.39 is 0 Å². The molecule has 0 fully saturated rings. The van der Waals surface area contributed by atoms with E-state index in [1.165, 1.54) is 0 Å². The molecule has 0 spiro atoms. The maximum atomic E-state index is 5.59. The van der Waals surface area contributed by atoms with Crippen LogP contribution >= 0.6 is 0 Å². The molecule has 0 amide bonds. The van der Waals surface area contributed by atoms with E-state index in [2.05, 4.69) is 15.3 Å². The zero-order chi connectivity index (χ0) is 14.4. The van der Waals surface area contributed by atoms with Gasteiger partial charge in [0.2, 0.25) is 0 Å². The molecule has 20 heavy (non-hydrogen) atoms. The smallest absolute Gasteiger partial charge is 0.137 e. The SMILES string of the molecule is CC(C)OCCNc1nc(CCN)nc2ccccc12. The number of hydrogen-bond donors (Lipinski definition) is 2. The molecule has 0 aliphatic rings. The molecule has 5 heteroatoms. The van der Waals surface area contributed by atoms with E-state index in [9.17, 15) is 0 Å². The topological polar surface area (TPSA) is 73.1 Å². The summed E-state index contributed by atoms with van der Waals surface area (Å²) in [7, 11) is 0. The van der Waals surface area contributed by atoms with E-state index in [0.29, 0.717) is 19.6 Å². The summed E-state index contributed by atoms with van der Waals surface area (Å²) in [5, 5.41) is 4.35. The van der Waals surface area contributed by atoms with Gasteiger partial charge in [0.05, 0.1) is 18.2 Å². The summed E-state index contributed by atoms with van der Waals surface area (Å²) in [5.74, 6) is 1.63. The Hall–Kier alpha value is -1.72. The molecule has 0 radical (unpaired) electrons. The van der Waals surface area contributed by atoms with Crippen molar-refractivity contribution in [1.29, 1.82) is 0 Å². The number of aromatic nitrogens is 2. The van der Waals surface area contributed by atoms with Crippen LogP contribution in [0.2, 0.25) is 0 Å². The van der Waals surface area contributed by atoms with Crippen molar-refractivity contribution in [3.63, 3.8) is 0 Å². The summed E-state index contributed by atoms with van der Waals surface area (Å²) >= 11 is 0. The Morgan fingerprint density at radius 1 is 1.25 bits per heavy atom. The van der Waals surface area contributed by atoms with Gasteiger partial charge >= 0.3 is 0 Å². The molecule has 1 aromatic heterocycles. The Balaban J connectivity index is 2.16. The van der Waals surface area contributed by atoms with Crippen LogP contribution in [0.4, 0.5) is 5.82 Å². The van der Waals surface area contributed by atoms with Crippen LogP contribution in [0.15, 0.2) is 24.3 Å². The van der Waals surface area contributed by atoms with Crippen molar-refractivity contribution in [3.05, 3.63) is 30.1 Å². The Labute approximate surface area is 119 Å². The van der Waals surface area contributed by atoms with Crippen molar-refractivity contribution in [3.8, 4) is 0 Å². The summed E-state index contributed by atoms with van der Waals surface area (Å²) in [6.45, 7) is 5.98. The molecule has 2 aromatic rings. The van der Waals surface area contributed by atoms with E-state index in [-0.39, 0.29) is 6.10 Å². The highest BCUT2D eigenvalue weighted by Crippen LogP contribution is 2.19. The molecule has 0 atom stereocenters. The lowest BCUT2D eigenvalue weighted by Gasteiger charge is -2.12. The normalized spacial score (nSPS) is 11.2. The molecule has 1 aromatic carbocycles. The average molecular weight is 274 g/mol. The van der Waals surface area contributed by atoms with Gasteiger partial charge in [-0.3, -0.25) is 0 Å². The molecule has 0 aliphatic heterocycles. The molecule has 5 nitrogen and oxygen atoms in total. The quantitative estimate of drug-likeness (QED) is 0.755. The number of anilines is 1. The predicted molar refractivity (Wildman–Crippen MR) is 81.9 cm³/mol. The second kappa shape index (κ2) is 7.17. The Morgan fingerprint density at radius 3 is 2.80 bits per heavy atom. The van der Waals surface area contributed by atoms with Gasteiger partial charge < -0.3 is 15.8 Å². The first-order valence-corrected chi connectivity index (χ1v) is 7.02. The van der Waals surface area contributed by atoms with Crippen LogP contribution in [-0.4, -0.2) is 35.8 Å². The van der Waals surface area contributed by atoms with Crippen molar-refractivity contribution in [2.45, 2.75) is 26.4 Å². The third kappa shape index (κ3) is 3.88. The Bertz CT molecular complexity index is 557. The number of hydrogen-bond acceptors (Lipinski definition) is 5. The van der Waals surface area contributed by atoms with Gasteiger partial charge in [0.25, 0.3) is 0 Å². The fourth-order valence-electron chi connectivity index (χ4n) is 1.96. The number of para-hydroxylation sites is 1. The van der Waals surface area contributed by atoms with Gasteiger partial charge in [-0.05, 0) is 32.5 Å². The van der Waals surface area contributed by atoms with Crippen molar-refractivity contribution < 1.29 is 4.74 Å². The second-order valence-electron chi connectivity index (χ2n) is 4.89. The standard InChI is InChI=1S/C15H22N4O/c1-11(2)20-10-9-17-15-12-5-3-4-6-13(12)18-14(19-15)7-8-16/h3-6,11H,7-10,16H2,1-2H3,(H,17,18,19). The first-order chi connectivity index (χ1) is 9.70. The van der Waals surface area contributed by atoms with Gasteiger partial charge in [0, 0.05) is 18.4 Å². The minimum absolute atomic E-state index is 0.242. The van der Waals surface area contributed by atoms with E-state index in [1.807, 2.05) is 38.1 Å². The first-order valence-electron chi connectivity index (χ1n) is 7.02. The lowest BCUT2D eigenvalue weighted by atomic mass is 10.2. The van der Waals surface area contributed by atoms with Gasteiger partial charge in [-0.1, -0.05) is 12.1 Å². The fraction of sp³-hybridized carbons (Fsp3) is 0.467. The highest BCUT2D eigenvalue weighted by atomic mass is 16.5. The van der Waals surface area contributed by atoms with E-state index >= 15 is 0 Å². The van der Waals surface area contributed by atoms with Crippen molar-refractivity contribution in [2.75, 3.05) is 25.0 Å². The van der Waals surface area contributed by atoms with E-state index in [0.717, 1.165) is 29.1 Å². The number of ether oxygens (including phenoxy) is 1. The third-order valence-electron chi connectivity index (χ3n) is 2.86. The van der Waals surface area contributed by atoms with Crippen LogP contribution < -0.4 is 11.1 Å². The van der Waals surface area contributed by atoms with Gasteiger partial charge in [-0.15, -0.1) is 0 Å². The Morgan fingerprint density at radius 2 is 2.05 bits per heavy atom. The molecule has 0 unspecified atom stereocenters. The molecule has 108 valence electrons. The Kier molecular flexibility index (Phi) is 5.26. The zero-order valence-electron chi connectivity index (χ0n) is 12.1. The third-order valence-corrected chi connectivity index (χ3v) is 2.86. The van der Waals surface area contributed by atoms with Gasteiger partial charge in [0.15, 0.2) is 0 Å². The first kappa shape index (κ1) is 14.7. The van der Waals surface area contributed by atoms with Crippen LogP contribution in [0.5, 0.6) is 0 Å². The second-order valence-corrected chi connectivity index (χ2v) is 4.89. The van der Waals surface area contributed by atoms with E-state index in [4.69, 9.17) is 10.5 Å². The maximum Gasteiger partial charge on any atom is 0.137 e. The van der Waals surface area contributed by atoms with Crippen LogP contribution in [0.3, 0.4) is 0 Å². The number of rotatable bonds is 7. The van der Waals surface area contributed by atoms with Crippen LogP contribution in [-0.2, 0) is 11.2 Å². The van der Waals surface area contributed by atoms with Crippen molar-refractivity contribution in [1.82, 2.24) is 9.97 Å². The molecule has 0 saturated carbocycles. The molecule has 2 rings (SSSR count). The number of fused-ring (bicyclic) bond motifs is 1. The minimum Gasteiger partial charge on any atom is -0.377 e. The van der Waals surface area contributed by atoms with Gasteiger partial charge in [-0.2, -0.15) is 0 Å². The largest absolute Gasteiger partial charge is 0.377 e. The fourth-order valence-corrected chi connectivity index (χ4v) is 1.96. The molecular formula is C15H22N4O. The van der Waals surface area contributed by atoms with Crippen molar-refractivity contribution in [2.24, 2.45) is 5.73 Å². The lowest BCUT2D eigenvalue weighted by Crippen LogP contribution is -2.15. The highest BCUT2D eigenvalue weighted by molar-refractivity contribution is 5.88. The zero-order valence-corrected chi connectivity index (χ0v) is 12.1. The van der Waals surface area contributed by atoms with Gasteiger partial charge in [0.1, 0.15) is 11.6 Å². The number of nitrogens with one attached hydrogen (secondary N) is 1. The summed E-state index contributed by atoms with van der Waals surface area (Å²) in [6, 6.07) is 7.98. The summed E-state index contributed by atoms with van der Waals surface area (Å²) in [5.41, 5.74) is 6.53. The minimum atomic E-state index is 0.242. The molecular weight excluding hydrogens is 252 g/mol. The van der Waals surface area contributed by atoms with Crippen LogP contribution in [0, 0.1) is 0 Å². The summed E-state index contributed by atoms with van der Waals surface area (Å²) in [6.07, 6.45) is 0.925. The monoisotopic (exact) mass is 274 g/mol. The highest BCUT2D eigenvalue weighted by Gasteiger charge is 2.06. The lowest BCUT2D eigenvalue weighted by molar-refractivity contribution is 0.0870. The predicted octanol–water partition coefficient (Wildman–Crippen LogP) is 1.97. The molecule has 3 N–H and O–H groups in total.